The molecule has 2 amide bonds. The third kappa shape index (κ3) is 8.46. The first-order valence-electron chi connectivity index (χ1n) is 10.3. The van der Waals surface area contributed by atoms with Crippen molar-refractivity contribution in [2.75, 3.05) is 37.8 Å². The summed E-state index contributed by atoms with van der Waals surface area (Å²) in [5.41, 5.74) is 10.2. The van der Waals surface area contributed by atoms with Crippen LogP contribution in [-0.4, -0.2) is 137 Å². The highest BCUT2D eigenvalue weighted by Crippen LogP contribution is 2.14. The second-order valence-electron chi connectivity index (χ2n) is 7.55. The number of nitrogens with one attached hydrogen (secondary N) is 2. The van der Waals surface area contributed by atoms with E-state index in [0.717, 1.165) is 0 Å². The number of hydrogen-bond donors (Lipinski definition) is 13. The molecule has 35 heavy (non-hydrogen) atoms. The summed E-state index contributed by atoms with van der Waals surface area (Å²) in [6.07, 6.45) is -12.2. The highest BCUT2D eigenvalue weighted by atomic mass is 16.4. The number of nitrogen functional groups attached to an aromatic ring is 2. The Balaban J connectivity index is 2.78. The lowest BCUT2D eigenvalue weighted by atomic mass is 10.0. The van der Waals surface area contributed by atoms with Gasteiger partial charge in [-0.05, 0) is 6.42 Å². The number of hydrogen-bond acceptors (Lipinski definition) is 15. The van der Waals surface area contributed by atoms with E-state index in [1.165, 1.54) is 0 Å². The molecule has 0 spiro atoms. The van der Waals surface area contributed by atoms with E-state index in [0.29, 0.717) is 0 Å². The summed E-state index contributed by atoms with van der Waals surface area (Å²) in [4.78, 5) is 31.9. The molecule has 7 atom stereocenters. The minimum Gasteiger partial charge on any atom is -0.396 e. The lowest BCUT2D eigenvalue weighted by Crippen LogP contribution is -2.49. The number of aromatic nitrogens is 2. The molecule has 1 aromatic rings. The Hall–Kier alpha value is -2.74. The highest BCUT2D eigenvalue weighted by molar-refractivity contribution is 6.00. The summed E-state index contributed by atoms with van der Waals surface area (Å²) < 4.78 is 0. The lowest BCUT2D eigenvalue weighted by molar-refractivity contribution is -0.113. The Morgan fingerprint density at radius 2 is 1.09 bits per heavy atom. The van der Waals surface area contributed by atoms with Gasteiger partial charge < -0.3 is 68.1 Å². The maximum Gasteiger partial charge on any atom is 0.273 e. The molecule has 0 aliphatic carbocycles. The van der Waals surface area contributed by atoms with Crippen LogP contribution in [-0.2, 0) is 0 Å². The van der Waals surface area contributed by atoms with Gasteiger partial charge in [-0.2, -0.15) is 0 Å². The van der Waals surface area contributed by atoms with Crippen LogP contribution < -0.4 is 22.1 Å². The van der Waals surface area contributed by atoms with Crippen molar-refractivity contribution in [2.45, 2.75) is 49.1 Å². The molecule has 0 aromatic carbocycles. The van der Waals surface area contributed by atoms with E-state index in [1.54, 1.807) is 0 Å². The number of carbonyl (C=O) groups excluding carboxylic acids is 2. The van der Waals surface area contributed by atoms with Gasteiger partial charge in [-0.1, -0.05) is 0 Å². The molecule has 200 valence electrons. The Morgan fingerprint density at radius 3 is 1.49 bits per heavy atom. The second-order valence-corrected chi connectivity index (χ2v) is 7.55. The lowest BCUT2D eigenvalue weighted by Gasteiger charge is -2.25. The van der Waals surface area contributed by atoms with Crippen molar-refractivity contribution < 1.29 is 55.5 Å². The van der Waals surface area contributed by atoms with Gasteiger partial charge in [0.2, 0.25) is 0 Å². The molecule has 0 unspecified atom stereocenters. The predicted octanol–water partition coefficient (Wildman–Crippen LogP) is -7.00. The molecule has 1 heterocycles. The fourth-order valence-corrected chi connectivity index (χ4v) is 2.72. The minimum atomic E-state index is -1.92. The smallest absolute Gasteiger partial charge is 0.273 e. The van der Waals surface area contributed by atoms with Crippen LogP contribution in [0.15, 0.2) is 0 Å². The van der Waals surface area contributed by atoms with Gasteiger partial charge in [0.05, 0.1) is 24.9 Å². The number of anilines is 2. The zero-order valence-corrected chi connectivity index (χ0v) is 18.5. The third-order valence-electron chi connectivity index (χ3n) is 4.86. The van der Waals surface area contributed by atoms with Gasteiger partial charge in [0.15, 0.2) is 23.0 Å². The van der Waals surface area contributed by atoms with Crippen LogP contribution in [0, 0.1) is 0 Å². The van der Waals surface area contributed by atoms with Gasteiger partial charge in [0, 0.05) is 19.7 Å². The Labute approximate surface area is 198 Å². The SMILES string of the molecule is Nc1nc(C(=O)NC[C@@H](O)[C@H](O)[C@@H](O)CCO)c(N)nc1C(=O)NC[C@@H](O)[C@H](O)[C@@H](O)[C@@H](O)CO. The number of nitrogens with zero attached hydrogens (tertiary/aromatic N) is 2. The summed E-state index contributed by atoms with van der Waals surface area (Å²) in [7, 11) is 0. The maximum atomic E-state index is 12.3. The largest absolute Gasteiger partial charge is 0.396 e. The summed E-state index contributed by atoms with van der Waals surface area (Å²) in [6.45, 7) is -2.49. The fourth-order valence-electron chi connectivity index (χ4n) is 2.72. The van der Waals surface area contributed by atoms with Crippen molar-refractivity contribution in [1.82, 2.24) is 20.6 Å². The topological polar surface area (TPSA) is 318 Å². The number of carbonyl (C=O) groups is 2. The Morgan fingerprint density at radius 1 is 0.686 bits per heavy atom. The van der Waals surface area contributed by atoms with E-state index in [2.05, 4.69) is 20.6 Å². The summed E-state index contributed by atoms with van der Waals surface area (Å²) in [5.74, 6) is -3.09. The van der Waals surface area contributed by atoms with Gasteiger partial charge in [-0.25, -0.2) is 9.97 Å². The molecule has 0 saturated heterocycles. The normalized spacial score (nSPS) is 17.5. The maximum absolute atomic E-state index is 12.3. The van der Waals surface area contributed by atoms with Gasteiger partial charge >= 0.3 is 0 Å². The van der Waals surface area contributed by atoms with Crippen molar-refractivity contribution in [3.05, 3.63) is 11.4 Å². The molecular formula is C18H32N6O11. The highest BCUT2D eigenvalue weighted by Gasteiger charge is 2.31. The summed E-state index contributed by atoms with van der Waals surface area (Å²) in [6, 6.07) is 0. The molecule has 0 aliphatic heterocycles. The summed E-state index contributed by atoms with van der Waals surface area (Å²) >= 11 is 0. The molecule has 17 nitrogen and oxygen atoms in total. The van der Waals surface area contributed by atoms with E-state index in [9.17, 15) is 45.3 Å². The van der Waals surface area contributed by atoms with Crippen LogP contribution in [0.3, 0.4) is 0 Å². The van der Waals surface area contributed by atoms with Gasteiger partial charge in [0.1, 0.15) is 24.4 Å². The zero-order valence-electron chi connectivity index (χ0n) is 18.5. The predicted molar refractivity (Wildman–Crippen MR) is 116 cm³/mol. The van der Waals surface area contributed by atoms with Gasteiger partial charge in [-0.3, -0.25) is 9.59 Å². The van der Waals surface area contributed by atoms with Crippen LogP contribution in [0.1, 0.15) is 27.4 Å². The van der Waals surface area contributed by atoms with Crippen LogP contribution in [0.4, 0.5) is 11.6 Å². The van der Waals surface area contributed by atoms with Crippen molar-refractivity contribution in [3.8, 4) is 0 Å². The van der Waals surface area contributed by atoms with Crippen molar-refractivity contribution in [2.24, 2.45) is 0 Å². The standard InChI is InChI=1S/C18H32N6O11/c19-15-10(17(34)21-3-7(28)12(31)6(27)1-2-25)23-16(20)11(24-15)18(35)22-4-8(29)13(32)14(33)9(30)5-26/h6-9,12-14,25-33H,1-5H2,(H2,19,24)(H2,20,23)(H,21,34)(H,22,35)/t6-,7+,8+,9-,12+,13-,14-/m0/s1. The van der Waals surface area contributed by atoms with Crippen molar-refractivity contribution in [3.63, 3.8) is 0 Å². The van der Waals surface area contributed by atoms with Crippen molar-refractivity contribution in [1.29, 1.82) is 0 Å². The number of aliphatic hydroxyl groups excluding tert-OH is 9. The van der Waals surface area contributed by atoms with E-state index in [-0.39, 0.29) is 6.42 Å². The van der Waals surface area contributed by atoms with E-state index < -0.39 is 104 Å². The average molecular weight is 508 g/mol. The molecule has 0 aliphatic rings. The van der Waals surface area contributed by atoms with Crippen LogP contribution in [0.5, 0.6) is 0 Å². The quantitative estimate of drug-likeness (QED) is 0.111. The van der Waals surface area contributed by atoms with Crippen LogP contribution in [0.2, 0.25) is 0 Å². The number of nitrogens with two attached hydrogens (primary N) is 2. The van der Waals surface area contributed by atoms with E-state index in [4.69, 9.17) is 21.7 Å². The van der Waals surface area contributed by atoms with Crippen LogP contribution >= 0.6 is 0 Å². The number of rotatable bonds is 14. The molecule has 0 radical (unpaired) electrons. The third-order valence-corrected chi connectivity index (χ3v) is 4.86. The molecule has 0 fully saturated rings. The van der Waals surface area contributed by atoms with Crippen molar-refractivity contribution >= 4 is 23.5 Å². The molecule has 0 bridgehead atoms. The fraction of sp³-hybridized carbons (Fsp3) is 0.667. The molecule has 0 saturated carbocycles. The van der Waals surface area contributed by atoms with Gasteiger partial charge in [-0.15, -0.1) is 0 Å². The van der Waals surface area contributed by atoms with E-state index >= 15 is 0 Å². The first-order chi connectivity index (χ1) is 16.3. The molecule has 15 N–H and O–H groups in total. The Kier molecular flexibility index (Phi) is 12.1. The first-order valence-corrected chi connectivity index (χ1v) is 10.3. The number of amides is 2. The average Bonchev–Trinajstić information content (AvgIpc) is 2.84. The van der Waals surface area contributed by atoms with Gasteiger partial charge in [0.25, 0.3) is 11.8 Å². The minimum absolute atomic E-state index is 0.203. The second kappa shape index (κ2) is 14.0. The molecule has 17 heteroatoms. The zero-order chi connectivity index (χ0) is 26.9. The van der Waals surface area contributed by atoms with E-state index in [1.807, 2.05) is 0 Å². The monoisotopic (exact) mass is 508 g/mol. The molecule has 1 rings (SSSR count). The Bertz CT molecular complexity index is 847. The summed E-state index contributed by atoms with van der Waals surface area (Å²) in [5, 5.41) is 89.4. The first kappa shape index (κ1) is 30.3. The van der Waals surface area contributed by atoms with Crippen LogP contribution in [0.25, 0.3) is 0 Å². The molecule has 1 aromatic heterocycles. The number of aliphatic hydroxyl groups is 9. The molecular weight excluding hydrogens is 476 g/mol.